The minimum absolute atomic E-state index is 0.288. The number of nitrogens with zero attached hydrogens (tertiary/aromatic N) is 2. The number of benzene rings is 1. The van der Waals surface area contributed by atoms with E-state index in [1.54, 1.807) is 19.1 Å². The summed E-state index contributed by atoms with van der Waals surface area (Å²) in [5.41, 5.74) is 1.47. The van der Waals surface area contributed by atoms with E-state index in [1.807, 2.05) is 20.8 Å². The van der Waals surface area contributed by atoms with Crippen molar-refractivity contribution < 1.29 is 13.2 Å². The predicted octanol–water partition coefficient (Wildman–Crippen LogP) is 2.70. The molecular formula is C15H20N2O3S. The average Bonchev–Trinajstić information content (AvgIpc) is 2.91. The van der Waals surface area contributed by atoms with Gasteiger partial charge in [0.05, 0.1) is 11.5 Å². The Kier molecular flexibility index (Phi) is 4.37. The zero-order valence-electron chi connectivity index (χ0n) is 12.8. The minimum atomic E-state index is -3.62. The molecule has 1 aromatic carbocycles. The van der Waals surface area contributed by atoms with Crippen molar-refractivity contribution in [2.75, 3.05) is 6.61 Å². The van der Waals surface area contributed by atoms with Crippen LogP contribution in [0.1, 0.15) is 30.8 Å². The second-order valence-electron chi connectivity index (χ2n) is 4.81. The summed E-state index contributed by atoms with van der Waals surface area (Å²) >= 11 is 0. The van der Waals surface area contributed by atoms with Crippen LogP contribution in [0.2, 0.25) is 0 Å². The molecule has 2 rings (SSSR count). The molecule has 0 saturated heterocycles. The van der Waals surface area contributed by atoms with E-state index in [4.69, 9.17) is 4.74 Å². The molecule has 0 N–H and O–H groups in total. The molecule has 1 heterocycles. The number of rotatable bonds is 5. The average molecular weight is 308 g/mol. The van der Waals surface area contributed by atoms with Gasteiger partial charge in [-0.1, -0.05) is 6.92 Å². The molecule has 114 valence electrons. The standard InChI is InChI=1S/C15H20N2O3S/c1-5-15-16-7-8-17(15)21(18,19)14-10-11(3)13(20-6-2)9-12(14)4/h7-10H,5-6H2,1-4H3. The summed E-state index contributed by atoms with van der Waals surface area (Å²) in [4.78, 5) is 4.37. The lowest BCUT2D eigenvalue weighted by Gasteiger charge is -2.14. The maximum absolute atomic E-state index is 12.8. The molecule has 0 bridgehead atoms. The van der Waals surface area contributed by atoms with Crippen molar-refractivity contribution in [1.82, 2.24) is 8.96 Å². The molecule has 5 nitrogen and oxygen atoms in total. The van der Waals surface area contributed by atoms with E-state index >= 15 is 0 Å². The summed E-state index contributed by atoms with van der Waals surface area (Å²) in [6.07, 6.45) is 3.55. The third-order valence-corrected chi connectivity index (χ3v) is 5.15. The first kappa shape index (κ1) is 15.6. The number of aromatic nitrogens is 2. The van der Waals surface area contributed by atoms with Crippen molar-refractivity contribution in [3.8, 4) is 5.75 Å². The number of aryl methyl sites for hydroxylation is 3. The fourth-order valence-corrected chi connectivity index (χ4v) is 3.92. The van der Waals surface area contributed by atoms with E-state index in [2.05, 4.69) is 4.98 Å². The molecule has 0 aliphatic rings. The number of hydrogen-bond acceptors (Lipinski definition) is 4. The Labute approximate surface area is 125 Å². The molecule has 0 atom stereocenters. The van der Waals surface area contributed by atoms with Gasteiger partial charge in [0, 0.05) is 18.8 Å². The van der Waals surface area contributed by atoms with Crippen LogP contribution in [0.4, 0.5) is 0 Å². The van der Waals surface area contributed by atoms with Gasteiger partial charge in [-0.3, -0.25) is 0 Å². The molecule has 0 aliphatic carbocycles. The lowest BCUT2D eigenvalue weighted by molar-refractivity contribution is 0.337. The van der Waals surface area contributed by atoms with Crippen molar-refractivity contribution >= 4 is 10.0 Å². The number of imidazole rings is 1. The lowest BCUT2D eigenvalue weighted by atomic mass is 10.1. The molecule has 0 fully saturated rings. The Morgan fingerprint density at radius 1 is 1.19 bits per heavy atom. The van der Waals surface area contributed by atoms with Gasteiger partial charge in [0.1, 0.15) is 11.6 Å². The zero-order valence-corrected chi connectivity index (χ0v) is 13.6. The molecule has 0 spiro atoms. The Hall–Kier alpha value is -1.82. The van der Waals surface area contributed by atoms with Crippen LogP contribution in [-0.2, 0) is 16.4 Å². The maximum Gasteiger partial charge on any atom is 0.269 e. The second kappa shape index (κ2) is 5.89. The third kappa shape index (κ3) is 2.81. The molecule has 0 saturated carbocycles. The highest BCUT2D eigenvalue weighted by Crippen LogP contribution is 2.27. The van der Waals surface area contributed by atoms with Crippen molar-refractivity contribution in [3.63, 3.8) is 0 Å². The smallest absolute Gasteiger partial charge is 0.269 e. The second-order valence-corrected chi connectivity index (χ2v) is 6.60. The van der Waals surface area contributed by atoms with Crippen LogP contribution in [0, 0.1) is 13.8 Å². The van der Waals surface area contributed by atoms with Crippen LogP contribution in [-0.4, -0.2) is 24.0 Å². The fourth-order valence-electron chi connectivity index (χ4n) is 2.25. The SMILES string of the molecule is CCOc1cc(C)c(S(=O)(=O)n2ccnc2CC)cc1C. The van der Waals surface area contributed by atoms with Crippen LogP contribution in [0.5, 0.6) is 5.75 Å². The predicted molar refractivity (Wildman–Crippen MR) is 81.3 cm³/mol. The summed E-state index contributed by atoms with van der Waals surface area (Å²) in [6, 6.07) is 3.43. The van der Waals surface area contributed by atoms with Crippen LogP contribution in [0.25, 0.3) is 0 Å². The molecule has 6 heteroatoms. The lowest BCUT2D eigenvalue weighted by Crippen LogP contribution is -2.16. The highest BCUT2D eigenvalue weighted by molar-refractivity contribution is 7.90. The van der Waals surface area contributed by atoms with Gasteiger partial charge in [-0.15, -0.1) is 0 Å². The minimum Gasteiger partial charge on any atom is -0.494 e. The van der Waals surface area contributed by atoms with Gasteiger partial charge in [0.2, 0.25) is 0 Å². The quantitative estimate of drug-likeness (QED) is 0.852. The molecule has 1 aromatic heterocycles. The van der Waals surface area contributed by atoms with E-state index in [1.165, 1.54) is 16.4 Å². The summed E-state index contributed by atoms with van der Waals surface area (Å²) in [6.45, 7) is 7.95. The molecule has 21 heavy (non-hydrogen) atoms. The first-order valence-electron chi connectivity index (χ1n) is 6.93. The Morgan fingerprint density at radius 3 is 2.52 bits per heavy atom. The molecule has 2 aromatic rings. The molecule has 0 amide bonds. The Morgan fingerprint density at radius 2 is 1.90 bits per heavy atom. The van der Waals surface area contributed by atoms with Crippen LogP contribution in [0.15, 0.2) is 29.4 Å². The Bertz CT molecular complexity index is 748. The van der Waals surface area contributed by atoms with Crippen LogP contribution in [0.3, 0.4) is 0 Å². The van der Waals surface area contributed by atoms with E-state index in [9.17, 15) is 8.42 Å². The highest BCUT2D eigenvalue weighted by atomic mass is 32.2. The maximum atomic E-state index is 12.8. The van der Waals surface area contributed by atoms with Crippen molar-refractivity contribution in [2.24, 2.45) is 0 Å². The summed E-state index contributed by atoms with van der Waals surface area (Å²) in [7, 11) is -3.62. The largest absolute Gasteiger partial charge is 0.494 e. The van der Waals surface area contributed by atoms with E-state index in [-0.39, 0.29) is 4.90 Å². The number of hydrogen-bond donors (Lipinski definition) is 0. The van der Waals surface area contributed by atoms with Gasteiger partial charge in [0.15, 0.2) is 0 Å². The topological polar surface area (TPSA) is 61.2 Å². The van der Waals surface area contributed by atoms with E-state index in [0.29, 0.717) is 24.4 Å². The first-order chi connectivity index (χ1) is 9.91. The molecular weight excluding hydrogens is 288 g/mol. The van der Waals surface area contributed by atoms with Gasteiger partial charge in [0.25, 0.3) is 10.0 Å². The van der Waals surface area contributed by atoms with Gasteiger partial charge < -0.3 is 4.74 Å². The van der Waals surface area contributed by atoms with E-state index in [0.717, 1.165) is 11.3 Å². The van der Waals surface area contributed by atoms with Gasteiger partial charge >= 0.3 is 0 Å². The van der Waals surface area contributed by atoms with Crippen LogP contribution >= 0.6 is 0 Å². The first-order valence-corrected chi connectivity index (χ1v) is 8.37. The van der Waals surface area contributed by atoms with Crippen molar-refractivity contribution in [1.29, 1.82) is 0 Å². The van der Waals surface area contributed by atoms with Gasteiger partial charge in [-0.05, 0) is 44.0 Å². The monoisotopic (exact) mass is 308 g/mol. The van der Waals surface area contributed by atoms with Gasteiger partial charge in [-0.2, -0.15) is 0 Å². The van der Waals surface area contributed by atoms with E-state index < -0.39 is 10.0 Å². The van der Waals surface area contributed by atoms with Crippen molar-refractivity contribution in [3.05, 3.63) is 41.5 Å². The fraction of sp³-hybridized carbons (Fsp3) is 0.400. The summed E-state index contributed by atoms with van der Waals surface area (Å²) < 4.78 is 32.3. The summed E-state index contributed by atoms with van der Waals surface area (Å²) in [5, 5.41) is 0. The third-order valence-electron chi connectivity index (χ3n) is 3.31. The van der Waals surface area contributed by atoms with Gasteiger partial charge in [-0.25, -0.2) is 17.4 Å². The normalized spacial score (nSPS) is 11.6. The highest BCUT2D eigenvalue weighted by Gasteiger charge is 2.22. The Balaban J connectivity index is 2.58. The molecule has 0 unspecified atom stereocenters. The van der Waals surface area contributed by atoms with Crippen molar-refractivity contribution in [2.45, 2.75) is 39.0 Å². The summed E-state index contributed by atoms with van der Waals surface area (Å²) in [5.74, 6) is 1.25. The molecule has 0 radical (unpaired) electrons. The van der Waals surface area contributed by atoms with Crippen LogP contribution < -0.4 is 4.74 Å². The molecule has 0 aliphatic heterocycles. The zero-order chi connectivity index (χ0) is 15.6. The number of ether oxygens (including phenoxy) is 1.